The van der Waals surface area contributed by atoms with Crippen molar-refractivity contribution in [3.8, 4) is 0 Å². The van der Waals surface area contributed by atoms with Crippen LogP contribution < -0.4 is 4.31 Å². The largest absolute Gasteiger partial charge is 0.465 e. The topological polar surface area (TPSA) is 59.5 Å². The van der Waals surface area contributed by atoms with Gasteiger partial charge in [0, 0.05) is 12.1 Å². The van der Waals surface area contributed by atoms with Crippen LogP contribution in [0, 0.1) is 5.92 Å². The number of methoxy groups -OCH3 is 1. The van der Waals surface area contributed by atoms with Gasteiger partial charge in [0.15, 0.2) is 12.3 Å². The molecular weight excluding hydrogens is 331 g/mol. The third kappa shape index (κ3) is 3.12. The van der Waals surface area contributed by atoms with Crippen molar-refractivity contribution >= 4 is 30.0 Å². The maximum atomic E-state index is 13.3. The van der Waals surface area contributed by atoms with E-state index in [0.717, 1.165) is 15.4 Å². The molecule has 0 bridgehead atoms. The number of carbonyl (C=O) groups excluding carboxylic acids is 2. The van der Waals surface area contributed by atoms with Crippen molar-refractivity contribution in [1.82, 2.24) is 4.98 Å². The standard InChI is InChI=1S/C17H15FN2O3S/c1-23-17(22)12-6-5-11-8-14(10-13(11)9-12)16(21)20(24-18)15-4-2-3-7-19-15/h2-7,9,14H,8,10H2,1H3. The molecular formula is C17H15FN2O3S. The van der Waals surface area contributed by atoms with E-state index in [-0.39, 0.29) is 30.0 Å². The fraction of sp³-hybridized carbons (Fsp3) is 0.235. The van der Waals surface area contributed by atoms with Crippen LogP contribution in [0.15, 0.2) is 42.6 Å². The maximum absolute atomic E-state index is 13.3. The van der Waals surface area contributed by atoms with Crippen LogP contribution in [0.3, 0.4) is 0 Å². The molecule has 7 heteroatoms. The van der Waals surface area contributed by atoms with Gasteiger partial charge in [0.1, 0.15) is 5.82 Å². The van der Waals surface area contributed by atoms with E-state index < -0.39 is 5.97 Å². The third-order valence-electron chi connectivity index (χ3n) is 4.04. The summed E-state index contributed by atoms with van der Waals surface area (Å²) in [4.78, 5) is 28.3. The van der Waals surface area contributed by atoms with Crippen LogP contribution >= 0.6 is 12.3 Å². The van der Waals surface area contributed by atoms with Gasteiger partial charge in [-0.3, -0.25) is 4.79 Å². The molecule has 0 radical (unpaired) electrons. The summed E-state index contributed by atoms with van der Waals surface area (Å²) in [6.45, 7) is 0. The van der Waals surface area contributed by atoms with Crippen LogP contribution in [-0.2, 0) is 22.4 Å². The Bertz CT molecular complexity index is 770. The molecule has 1 heterocycles. The number of benzene rings is 1. The molecule has 2 aromatic rings. The Morgan fingerprint density at radius 2 is 2.04 bits per heavy atom. The molecule has 0 N–H and O–H groups in total. The normalized spacial score (nSPS) is 15.7. The van der Waals surface area contributed by atoms with Crippen LogP contribution in [-0.4, -0.2) is 24.0 Å². The van der Waals surface area contributed by atoms with Gasteiger partial charge < -0.3 is 4.74 Å². The summed E-state index contributed by atoms with van der Waals surface area (Å²) in [6, 6.07) is 10.2. The molecule has 0 saturated carbocycles. The van der Waals surface area contributed by atoms with E-state index >= 15 is 0 Å². The smallest absolute Gasteiger partial charge is 0.337 e. The van der Waals surface area contributed by atoms with E-state index in [4.69, 9.17) is 4.74 Å². The number of rotatable bonds is 4. The van der Waals surface area contributed by atoms with E-state index in [1.807, 2.05) is 6.07 Å². The average Bonchev–Trinajstić information content (AvgIpc) is 3.05. The summed E-state index contributed by atoms with van der Waals surface area (Å²) in [7, 11) is 1.32. The fourth-order valence-corrected chi connectivity index (χ4v) is 3.26. The SMILES string of the molecule is COC(=O)c1ccc2c(c1)CC(C(=O)N(SF)c1ccccn1)C2. The number of amides is 1. The first kappa shape index (κ1) is 16.4. The number of pyridine rings is 1. The number of halogens is 1. The third-order valence-corrected chi connectivity index (χ3v) is 4.54. The Balaban J connectivity index is 1.79. The van der Waals surface area contributed by atoms with Gasteiger partial charge in [-0.1, -0.05) is 12.1 Å². The number of carbonyl (C=O) groups is 2. The highest BCUT2D eigenvalue weighted by molar-refractivity contribution is 7.96. The lowest BCUT2D eigenvalue weighted by Gasteiger charge is -2.19. The molecule has 3 rings (SSSR count). The second-order valence-corrected chi connectivity index (χ2v) is 5.97. The van der Waals surface area contributed by atoms with Gasteiger partial charge in [0.05, 0.1) is 12.7 Å². The van der Waals surface area contributed by atoms with Crippen molar-refractivity contribution < 1.29 is 18.2 Å². The highest BCUT2D eigenvalue weighted by Crippen LogP contribution is 2.32. The predicted octanol–water partition coefficient (Wildman–Crippen LogP) is 3.15. The molecule has 0 spiro atoms. The number of hydrogen-bond acceptors (Lipinski definition) is 5. The first-order chi connectivity index (χ1) is 11.6. The van der Waals surface area contributed by atoms with E-state index in [9.17, 15) is 13.5 Å². The van der Waals surface area contributed by atoms with Crippen LogP contribution in [0.25, 0.3) is 0 Å². The van der Waals surface area contributed by atoms with Crippen molar-refractivity contribution in [2.24, 2.45) is 5.92 Å². The van der Waals surface area contributed by atoms with Gasteiger partial charge in [0.2, 0.25) is 5.91 Å². The van der Waals surface area contributed by atoms with Crippen LogP contribution in [0.4, 0.5) is 9.70 Å². The molecule has 1 aliphatic rings. The molecule has 1 aromatic heterocycles. The molecule has 1 atom stereocenters. The maximum Gasteiger partial charge on any atom is 0.337 e. The van der Waals surface area contributed by atoms with Gasteiger partial charge in [-0.05, 0) is 48.2 Å². The zero-order chi connectivity index (χ0) is 17.1. The zero-order valence-electron chi connectivity index (χ0n) is 12.9. The minimum Gasteiger partial charge on any atom is -0.465 e. The Morgan fingerprint density at radius 3 is 2.71 bits per heavy atom. The summed E-state index contributed by atoms with van der Waals surface area (Å²) < 4.78 is 19.0. The molecule has 5 nitrogen and oxygen atoms in total. The monoisotopic (exact) mass is 346 g/mol. The molecule has 0 fully saturated rings. The minimum atomic E-state index is -0.415. The number of anilines is 1. The Morgan fingerprint density at radius 1 is 1.25 bits per heavy atom. The fourth-order valence-electron chi connectivity index (χ4n) is 2.86. The number of fused-ring (bicyclic) bond motifs is 1. The molecule has 1 unspecified atom stereocenters. The molecule has 124 valence electrons. The second-order valence-electron chi connectivity index (χ2n) is 5.47. The van der Waals surface area contributed by atoms with Crippen molar-refractivity contribution in [1.29, 1.82) is 0 Å². The van der Waals surface area contributed by atoms with Gasteiger partial charge in [-0.25, -0.2) is 14.1 Å². The second kappa shape index (κ2) is 7.00. The number of esters is 1. The molecule has 0 aliphatic heterocycles. The van der Waals surface area contributed by atoms with Crippen LogP contribution in [0.2, 0.25) is 0 Å². The minimum absolute atomic E-state index is 0.144. The molecule has 1 aromatic carbocycles. The Hall–Kier alpha value is -2.41. The quantitative estimate of drug-likeness (QED) is 0.629. The van der Waals surface area contributed by atoms with E-state index in [1.165, 1.54) is 13.3 Å². The average molecular weight is 346 g/mol. The highest BCUT2D eigenvalue weighted by atomic mass is 32.2. The van der Waals surface area contributed by atoms with Crippen LogP contribution in [0.5, 0.6) is 0 Å². The van der Waals surface area contributed by atoms with E-state index in [2.05, 4.69) is 4.98 Å². The highest BCUT2D eigenvalue weighted by Gasteiger charge is 2.33. The predicted molar refractivity (Wildman–Crippen MR) is 89.1 cm³/mol. The Kier molecular flexibility index (Phi) is 4.80. The van der Waals surface area contributed by atoms with Gasteiger partial charge >= 0.3 is 5.97 Å². The number of ether oxygens (including phenoxy) is 1. The van der Waals surface area contributed by atoms with Gasteiger partial charge in [-0.2, -0.15) is 0 Å². The van der Waals surface area contributed by atoms with E-state index in [1.54, 1.807) is 30.3 Å². The lowest BCUT2D eigenvalue weighted by atomic mass is 10.1. The summed E-state index contributed by atoms with van der Waals surface area (Å²) in [5.41, 5.74) is 2.36. The lowest BCUT2D eigenvalue weighted by molar-refractivity contribution is -0.120. The number of aromatic nitrogens is 1. The Labute approximate surface area is 143 Å². The lowest BCUT2D eigenvalue weighted by Crippen LogP contribution is -2.31. The summed E-state index contributed by atoms with van der Waals surface area (Å²) in [5.74, 6) is -0.863. The summed E-state index contributed by atoms with van der Waals surface area (Å²) in [6.07, 6.45) is 2.49. The van der Waals surface area contributed by atoms with Gasteiger partial charge in [0.25, 0.3) is 0 Å². The van der Waals surface area contributed by atoms with Gasteiger partial charge in [-0.15, -0.1) is 3.89 Å². The number of nitrogens with zero attached hydrogens (tertiary/aromatic N) is 2. The van der Waals surface area contributed by atoms with Crippen molar-refractivity contribution in [2.45, 2.75) is 12.8 Å². The van der Waals surface area contributed by atoms with Crippen molar-refractivity contribution in [3.05, 3.63) is 59.3 Å². The van der Waals surface area contributed by atoms with Crippen molar-refractivity contribution in [2.75, 3.05) is 11.4 Å². The molecule has 0 saturated heterocycles. The van der Waals surface area contributed by atoms with Crippen LogP contribution in [0.1, 0.15) is 21.5 Å². The first-order valence-electron chi connectivity index (χ1n) is 7.38. The summed E-state index contributed by atoms with van der Waals surface area (Å²) >= 11 is -0.144. The zero-order valence-corrected chi connectivity index (χ0v) is 13.8. The summed E-state index contributed by atoms with van der Waals surface area (Å²) in [5, 5.41) is 0. The number of hydrogen-bond donors (Lipinski definition) is 0. The van der Waals surface area contributed by atoms with Crippen molar-refractivity contribution in [3.63, 3.8) is 0 Å². The molecule has 1 aliphatic carbocycles. The molecule has 1 amide bonds. The first-order valence-corrected chi connectivity index (χ1v) is 8.05. The molecule has 24 heavy (non-hydrogen) atoms. The van der Waals surface area contributed by atoms with E-state index in [0.29, 0.717) is 18.4 Å².